The summed E-state index contributed by atoms with van der Waals surface area (Å²) < 4.78 is 15.1. The van der Waals surface area contributed by atoms with Crippen LogP contribution in [0.25, 0.3) is 21.7 Å². The number of rotatable bonds is 2. The number of nitrogens with one attached hydrogen (secondary N) is 1. The molecule has 0 unspecified atom stereocenters. The van der Waals surface area contributed by atoms with Crippen molar-refractivity contribution in [3.63, 3.8) is 0 Å². The highest BCUT2D eigenvalue weighted by atomic mass is 19.1. The highest BCUT2D eigenvalue weighted by Gasteiger charge is 2.15. The highest BCUT2D eigenvalue weighted by Crippen LogP contribution is 2.25. The Morgan fingerprint density at radius 3 is 2.62 bits per heavy atom. The van der Waals surface area contributed by atoms with Crippen LogP contribution in [0.1, 0.15) is 10.5 Å². The molecule has 24 heavy (non-hydrogen) atoms. The summed E-state index contributed by atoms with van der Waals surface area (Å²) in [6.45, 7) is 0. The zero-order chi connectivity index (χ0) is 16.7. The molecule has 118 valence electrons. The van der Waals surface area contributed by atoms with Crippen molar-refractivity contribution in [2.75, 3.05) is 5.32 Å². The molecule has 4 rings (SSSR count). The maximum atomic E-state index is 13.4. The van der Waals surface area contributed by atoms with Crippen LogP contribution in [0.15, 0.2) is 66.7 Å². The molecule has 3 aromatic carbocycles. The van der Waals surface area contributed by atoms with Crippen LogP contribution in [0.4, 0.5) is 10.1 Å². The van der Waals surface area contributed by atoms with E-state index in [1.807, 2.05) is 42.5 Å². The van der Waals surface area contributed by atoms with Gasteiger partial charge < -0.3 is 9.88 Å². The van der Waals surface area contributed by atoms with Crippen LogP contribution in [0, 0.1) is 5.82 Å². The van der Waals surface area contributed by atoms with Gasteiger partial charge in [-0.1, -0.05) is 36.4 Å². The minimum atomic E-state index is -0.315. The molecule has 0 bridgehead atoms. The number of fused-ring (bicyclic) bond motifs is 2. The minimum absolute atomic E-state index is 0.217. The minimum Gasteiger partial charge on any atom is -0.340 e. The van der Waals surface area contributed by atoms with Crippen molar-refractivity contribution in [3.05, 3.63) is 78.2 Å². The highest BCUT2D eigenvalue weighted by molar-refractivity contribution is 6.10. The van der Waals surface area contributed by atoms with Gasteiger partial charge in [-0.3, -0.25) is 4.79 Å². The van der Waals surface area contributed by atoms with Crippen LogP contribution >= 0.6 is 0 Å². The third-order valence-corrected chi connectivity index (χ3v) is 4.28. The molecular formula is C20H15FN2O. The molecule has 1 amide bonds. The molecular weight excluding hydrogens is 303 g/mol. The van der Waals surface area contributed by atoms with E-state index in [0.717, 1.165) is 21.8 Å². The molecule has 0 saturated heterocycles. The Hall–Kier alpha value is -3.14. The Morgan fingerprint density at radius 1 is 0.958 bits per heavy atom. The molecule has 0 fully saturated rings. The number of amides is 1. The van der Waals surface area contributed by atoms with Crippen LogP contribution in [0.5, 0.6) is 0 Å². The number of carbonyl (C=O) groups excluding carboxylic acids is 1. The first-order valence-electron chi connectivity index (χ1n) is 7.67. The largest absolute Gasteiger partial charge is 0.340 e. The third kappa shape index (κ3) is 2.33. The third-order valence-electron chi connectivity index (χ3n) is 4.28. The van der Waals surface area contributed by atoms with Crippen LogP contribution in [-0.2, 0) is 7.05 Å². The number of hydrogen-bond acceptors (Lipinski definition) is 1. The van der Waals surface area contributed by atoms with E-state index < -0.39 is 0 Å². The van der Waals surface area contributed by atoms with Gasteiger partial charge in [0.1, 0.15) is 11.5 Å². The Labute approximate surface area is 138 Å². The van der Waals surface area contributed by atoms with Gasteiger partial charge in [-0.15, -0.1) is 0 Å². The number of benzene rings is 3. The lowest BCUT2D eigenvalue weighted by atomic mass is 10.1. The topological polar surface area (TPSA) is 34.0 Å². The second-order valence-corrected chi connectivity index (χ2v) is 5.77. The first-order valence-corrected chi connectivity index (χ1v) is 7.67. The van der Waals surface area contributed by atoms with Gasteiger partial charge in [0.2, 0.25) is 0 Å². The van der Waals surface area contributed by atoms with Gasteiger partial charge in [0.25, 0.3) is 5.91 Å². The summed E-state index contributed by atoms with van der Waals surface area (Å²) in [4.78, 5) is 12.7. The Bertz CT molecular complexity index is 1080. The lowest BCUT2D eigenvalue weighted by molar-refractivity contribution is 0.102. The van der Waals surface area contributed by atoms with Gasteiger partial charge in [-0.2, -0.15) is 0 Å². The number of halogens is 1. The molecule has 0 spiro atoms. The summed E-state index contributed by atoms with van der Waals surface area (Å²) in [5.74, 6) is -0.532. The van der Waals surface area contributed by atoms with Crippen molar-refractivity contribution >= 4 is 33.3 Å². The summed E-state index contributed by atoms with van der Waals surface area (Å²) >= 11 is 0. The number of anilines is 1. The first-order chi connectivity index (χ1) is 11.6. The van der Waals surface area contributed by atoms with E-state index in [0.29, 0.717) is 11.2 Å². The average Bonchev–Trinajstić information content (AvgIpc) is 2.92. The zero-order valence-electron chi connectivity index (χ0n) is 13.1. The van der Waals surface area contributed by atoms with Crippen LogP contribution in [0.2, 0.25) is 0 Å². The second-order valence-electron chi connectivity index (χ2n) is 5.77. The molecule has 0 aliphatic rings. The average molecular weight is 318 g/mol. The van der Waals surface area contributed by atoms with E-state index >= 15 is 0 Å². The predicted octanol–water partition coefficient (Wildman–Crippen LogP) is 4.72. The van der Waals surface area contributed by atoms with Gasteiger partial charge in [0.05, 0.1) is 5.52 Å². The van der Waals surface area contributed by atoms with E-state index in [-0.39, 0.29) is 11.7 Å². The lowest BCUT2D eigenvalue weighted by Crippen LogP contribution is -2.15. The van der Waals surface area contributed by atoms with E-state index in [1.54, 1.807) is 23.7 Å². The fourth-order valence-corrected chi connectivity index (χ4v) is 3.04. The second kappa shape index (κ2) is 5.49. The summed E-state index contributed by atoms with van der Waals surface area (Å²) in [5.41, 5.74) is 1.94. The number of hydrogen-bond donors (Lipinski definition) is 1. The SMILES string of the molecule is Cn1c(C(=O)Nc2cccc3ccccc23)cc2ccc(F)cc21. The molecule has 3 nitrogen and oxygen atoms in total. The Balaban J connectivity index is 1.75. The maximum absolute atomic E-state index is 13.4. The van der Waals surface area contributed by atoms with Crippen LogP contribution in [-0.4, -0.2) is 10.5 Å². The molecule has 4 aromatic rings. The van der Waals surface area contributed by atoms with E-state index in [1.165, 1.54) is 12.1 Å². The van der Waals surface area contributed by atoms with Crippen LogP contribution < -0.4 is 5.32 Å². The van der Waals surface area contributed by atoms with Crippen molar-refractivity contribution in [2.24, 2.45) is 7.05 Å². The van der Waals surface area contributed by atoms with Gasteiger partial charge in [0.15, 0.2) is 0 Å². The van der Waals surface area contributed by atoms with E-state index in [4.69, 9.17) is 0 Å². The Morgan fingerprint density at radius 2 is 1.75 bits per heavy atom. The maximum Gasteiger partial charge on any atom is 0.272 e. The standard InChI is InChI=1S/C20H15FN2O/c1-23-18-12-15(21)10-9-14(18)11-19(23)20(24)22-17-8-4-6-13-5-2-3-7-16(13)17/h2-12H,1H3,(H,22,24). The number of nitrogens with zero attached hydrogens (tertiary/aromatic N) is 1. The van der Waals surface area contributed by atoms with Gasteiger partial charge >= 0.3 is 0 Å². The smallest absolute Gasteiger partial charge is 0.272 e. The van der Waals surface area contributed by atoms with Crippen LogP contribution in [0.3, 0.4) is 0 Å². The zero-order valence-corrected chi connectivity index (χ0v) is 13.1. The molecule has 1 N–H and O–H groups in total. The van der Waals surface area contributed by atoms with Crippen molar-refractivity contribution in [2.45, 2.75) is 0 Å². The van der Waals surface area contributed by atoms with Crippen molar-refractivity contribution in [1.29, 1.82) is 0 Å². The molecule has 1 aromatic heterocycles. The van der Waals surface area contributed by atoms with Crippen molar-refractivity contribution in [3.8, 4) is 0 Å². The number of carbonyl (C=O) groups is 1. The van der Waals surface area contributed by atoms with Gasteiger partial charge in [-0.05, 0) is 35.7 Å². The van der Waals surface area contributed by atoms with E-state index in [2.05, 4.69) is 5.32 Å². The normalized spacial score (nSPS) is 11.1. The number of aryl methyl sites for hydroxylation is 1. The summed E-state index contributed by atoms with van der Waals surface area (Å²) in [6.07, 6.45) is 0. The van der Waals surface area contributed by atoms with Crippen molar-refractivity contribution < 1.29 is 9.18 Å². The molecule has 0 atom stereocenters. The van der Waals surface area contributed by atoms with Gasteiger partial charge in [-0.25, -0.2) is 4.39 Å². The van der Waals surface area contributed by atoms with E-state index in [9.17, 15) is 9.18 Å². The molecule has 0 saturated carbocycles. The molecule has 0 aliphatic heterocycles. The predicted molar refractivity (Wildman–Crippen MR) is 94.8 cm³/mol. The first kappa shape index (κ1) is 14.5. The van der Waals surface area contributed by atoms with Gasteiger partial charge in [0, 0.05) is 23.5 Å². The summed E-state index contributed by atoms with van der Waals surface area (Å²) in [5, 5.41) is 5.85. The lowest BCUT2D eigenvalue weighted by Gasteiger charge is -2.09. The number of aromatic nitrogens is 1. The fraction of sp³-hybridized carbons (Fsp3) is 0.0500. The monoisotopic (exact) mass is 318 g/mol. The summed E-state index contributed by atoms with van der Waals surface area (Å²) in [7, 11) is 1.76. The van der Waals surface area contributed by atoms with Crippen molar-refractivity contribution in [1.82, 2.24) is 4.57 Å². The molecule has 0 radical (unpaired) electrons. The Kier molecular flexibility index (Phi) is 3.31. The summed E-state index contributed by atoms with van der Waals surface area (Å²) in [6, 6.07) is 20.0. The molecule has 4 heteroatoms. The molecule has 1 heterocycles. The fourth-order valence-electron chi connectivity index (χ4n) is 3.04. The molecule has 0 aliphatic carbocycles. The quantitative estimate of drug-likeness (QED) is 0.570.